The quantitative estimate of drug-likeness (QED) is 0.897. The molecular formula is C16H21N3O. The monoisotopic (exact) mass is 271 g/mol. The Balaban J connectivity index is 1.64. The van der Waals surface area contributed by atoms with Crippen LogP contribution >= 0.6 is 0 Å². The fourth-order valence-electron chi connectivity index (χ4n) is 2.99. The molecular weight excluding hydrogens is 250 g/mol. The van der Waals surface area contributed by atoms with E-state index in [2.05, 4.69) is 20.9 Å². The first kappa shape index (κ1) is 13.2. The molecule has 1 aliphatic rings. The van der Waals surface area contributed by atoms with E-state index in [4.69, 9.17) is 0 Å². The number of aromatic nitrogens is 2. The zero-order chi connectivity index (χ0) is 13.9. The van der Waals surface area contributed by atoms with Gasteiger partial charge in [-0.15, -0.1) is 0 Å². The fraction of sp³-hybridized carbons (Fsp3) is 0.438. The van der Waals surface area contributed by atoms with Gasteiger partial charge in [-0.2, -0.15) is 0 Å². The minimum absolute atomic E-state index is 0.353. The van der Waals surface area contributed by atoms with Crippen molar-refractivity contribution in [2.45, 2.75) is 31.7 Å². The summed E-state index contributed by atoms with van der Waals surface area (Å²) in [5, 5.41) is 13.3. The smallest absolute Gasteiger partial charge is 0.115 e. The third-order valence-corrected chi connectivity index (χ3v) is 4.10. The van der Waals surface area contributed by atoms with Gasteiger partial charge in [0.1, 0.15) is 11.6 Å². The molecule has 4 nitrogen and oxygen atoms in total. The number of aryl methyl sites for hydroxylation is 2. The Morgan fingerprint density at radius 3 is 3.15 bits per heavy atom. The van der Waals surface area contributed by atoms with Crippen LogP contribution in [0.4, 0.5) is 0 Å². The fourth-order valence-corrected chi connectivity index (χ4v) is 2.99. The van der Waals surface area contributed by atoms with Gasteiger partial charge in [-0.3, -0.25) is 0 Å². The number of hydrogen-bond donors (Lipinski definition) is 2. The van der Waals surface area contributed by atoms with Crippen LogP contribution < -0.4 is 5.32 Å². The van der Waals surface area contributed by atoms with E-state index < -0.39 is 0 Å². The first-order valence-corrected chi connectivity index (χ1v) is 7.25. The molecule has 0 radical (unpaired) electrons. The summed E-state index contributed by atoms with van der Waals surface area (Å²) in [6, 6.07) is 6.10. The first-order valence-electron chi connectivity index (χ1n) is 7.25. The Bertz CT molecular complexity index is 591. The summed E-state index contributed by atoms with van der Waals surface area (Å²) in [6.45, 7) is 0.907. The van der Waals surface area contributed by atoms with Crippen LogP contribution in [-0.4, -0.2) is 21.2 Å². The zero-order valence-electron chi connectivity index (χ0n) is 11.8. The van der Waals surface area contributed by atoms with Crippen molar-refractivity contribution in [3.8, 4) is 5.75 Å². The number of nitrogens with zero attached hydrogens (tertiary/aromatic N) is 2. The maximum absolute atomic E-state index is 9.68. The average molecular weight is 271 g/mol. The lowest BCUT2D eigenvalue weighted by Gasteiger charge is -2.26. The molecule has 0 fully saturated rings. The topological polar surface area (TPSA) is 50.1 Å². The number of hydrogen-bond acceptors (Lipinski definition) is 3. The predicted octanol–water partition coefficient (Wildman–Crippen LogP) is 2.34. The number of rotatable bonds is 4. The third kappa shape index (κ3) is 2.70. The largest absolute Gasteiger partial charge is 0.508 e. The highest BCUT2D eigenvalue weighted by Crippen LogP contribution is 2.31. The number of phenolic OH excluding ortho intramolecular Hbond substituents is 1. The van der Waals surface area contributed by atoms with Gasteiger partial charge in [-0.05, 0) is 42.5 Å². The van der Waals surface area contributed by atoms with Crippen LogP contribution in [0.25, 0.3) is 0 Å². The van der Waals surface area contributed by atoms with E-state index in [9.17, 15) is 5.11 Å². The second-order valence-electron chi connectivity index (χ2n) is 5.49. The SMILES string of the molecule is Cn1ccnc1CCNC1CCCc2ccc(O)cc21. The molecule has 2 aromatic rings. The summed E-state index contributed by atoms with van der Waals surface area (Å²) in [5.41, 5.74) is 2.62. The molecule has 1 aromatic carbocycles. The van der Waals surface area contributed by atoms with Gasteiger partial charge in [0.15, 0.2) is 0 Å². The number of aromatic hydroxyl groups is 1. The maximum atomic E-state index is 9.68. The van der Waals surface area contributed by atoms with Crippen molar-refractivity contribution in [3.05, 3.63) is 47.5 Å². The number of fused-ring (bicyclic) bond motifs is 1. The molecule has 1 unspecified atom stereocenters. The minimum Gasteiger partial charge on any atom is -0.508 e. The highest BCUT2D eigenvalue weighted by molar-refractivity contribution is 5.38. The van der Waals surface area contributed by atoms with Crippen molar-refractivity contribution in [2.24, 2.45) is 7.05 Å². The van der Waals surface area contributed by atoms with E-state index in [1.807, 2.05) is 25.5 Å². The molecule has 3 rings (SSSR count). The summed E-state index contributed by atoms with van der Waals surface area (Å²) < 4.78 is 2.06. The molecule has 1 atom stereocenters. The van der Waals surface area contributed by atoms with E-state index in [0.717, 1.165) is 31.6 Å². The lowest BCUT2D eigenvalue weighted by Crippen LogP contribution is -2.27. The maximum Gasteiger partial charge on any atom is 0.115 e. The van der Waals surface area contributed by atoms with Gasteiger partial charge in [0.05, 0.1) is 0 Å². The molecule has 0 spiro atoms. The van der Waals surface area contributed by atoms with Gasteiger partial charge in [0, 0.05) is 38.4 Å². The van der Waals surface area contributed by atoms with Gasteiger partial charge in [0.2, 0.25) is 0 Å². The molecule has 4 heteroatoms. The summed E-state index contributed by atoms with van der Waals surface area (Å²) in [6.07, 6.45) is 8.20. The third-order valence-electron chi connectivity index (χ3n) is 4.10. The molecule has 0 amide bonds. The van der Waals surface area contributed by atoms with Crippen molar-refractivity contribution >= 4 is 0 Å². The molecule has 0 aliphatic heterocycles. The highest BCUT2D eigenvalue weighted by atomic mass is 16.3. The summed E-state index contributed by atoms with van der Waals surface area (Å²) >= 11 is 0. The minimum atomic E-state index is 0.353. The Morgan fingerprint density at radius 2 is 2.35 bits per heavy atom. The highest BCUT2D eigenvalue weighted by Gasteiger charge is 2.20. The second-order valence-corrected chi connectivity index (χ2v) is 5.49. The van der Waals surface area contributed by atoms with Crippen LogP contribution in [-0.2, 0) is 19.9 Å². The van der Waals surface area contributed by atoms with Gasteiger partial charge in [-0.25, -0.2) is 4.98 Å². The lowest BCUT2D eigenvalue weighted by atomic mass is 9.87. The molecule has 1 heterocycles. The Hall–Kier alpha value is -1.81. The number of phenols is 1. The molecule has 0 bridgehead atoms. The van der Waals surface area contributed by atoms with E-state index in [1.165, 1.54) is 17.5 Å². The first-order chi connectivity index (χ1) is 9.74. The van der Waals surface area contributed by atoms with Gasteiger partial charge < -0.3 is 15.0 Å². The Labute approximate surface area is 119 Å². The summed E-state index contributed by atoms with van der Waals surface area (Å²) in [4.78, 5) is 4.34. The molecule has 20 heavy (non-hydrogen) atoms. The summed E-state index contributed by atoms with van der Waals surface area (Å²) in [5.74, 6) is 1.46. The Kier molecular flexibility index (Phi) is 3.74. The van der Waals surface area contributed by atoms with Crippen LogP contribution in [0.5, 0.6) is 5.75 Å². The molecule has 106 valence electrons. The Morgan fingerprint density at radius 1 is 1.45 bits per heavy atom. The van der Waals surface area contributed by atoms with Crippen molar-refractivity contribution in [2.75, 3.05) is 6.54 Å². The van der Waals surface area contributed by atoms with Crippen molar-refractivity contribution in [3.63, 3.8) is 0 Å². The zero-order valence-corrected chi connectivity index (χ0v) is 11.8. The van der Waals surface area contributed by atoms with E-state index in [-0.39, 0.29) is 0 Å². The van der Waals surface area contributed by atoms with E-state index in [0.29, 0.717) is 11.8 Å². The van der Waals surface area contributed by atoms with Crippen LogP contribution in [0.2, 0.25) is 0 Å². The lowest BCUT2D eigenvalue weighted by molar-refractivity contribution is 0.446. The van der Waals surface area contributed by atoms with Crippen LogP contribution in [0.3, 0.4) is 0 Å². The molecule has 1 aromatic heterocycles. The van der Waals surface area contributed by atoms with E-state index >= 15 is 0 Å². The van der Waals surface area contributed by atoms with Crippen LogP contribution in [0.1, 0.15) is 35.8 Å². The van der Waals surface area contributed by atoms with E-state index in [1.54, 1.807) is 6.07 Å². The van der Waals surface area contributed by atoms with Crippen LogP contribution in [0.15, 0.2) is 30.6 Å². The van der Waals surface area contributed by atoms with Crippen molar-refractivity contribution in [1.82, 2.24) is 14.9 Å². The van der Waals surface area contributed by atoms with Gasteiger partial charge >= 0.3 is 0 Å². The molecule has 2 N–H and O–H groups in total. The standard InChI is InChI=1S/C16H21N3O/c1-19-10-9-18-16(19)7-8-17-15-4-2-3-12-5-6-13(20)11-14(12)15/h5-6,9-11,15,17,20H,2-4,7-8H2,1H3. The predicted molar refractivity (Wildman–Crippen MR) is 78.7 cm³/mol. The molecule has 0 saturated heterocycles. The summed E-state index contributed by atoms with van der Waals surface area (Å²) in [7, 11) is 2.02. The van der Waals surface area contributed by atoms with Gasteiger partial charge in [-0.1, -0.05) is 6.07 Å². The number of imidazole rings is 1. The number of nitrogens with one attached hydrogen (secondary N) is 1. The van der Waals surface area contributed by atoms with Crippen molar-refractivity contribution < 1.29 is 5.11 Å². The molecule has 0 saturated carbocycles. The van der Waals surface area contributed by atoms with Crippen molar-refractivity contribution in [1.29, 1.82) is 0 Å². The van der Waals surface area contributed by atoms with Crippen LogP contribution in [0, 0.1) is 0 Å². The second kappa shape index (κ2) is 5.67. The van der Waals surface area contributed by atoms with Gasteiger partial charge in [0.25, 0.3) is 0 Å². The number of benzene rings is 1. The average Bonchev–Trinajstić information content (AvgIpc) is 2.85. The molecule has 1 aliphatic carbocycles. The normalized spacial score (nSPS) is 17.9.